The van der Waals surface area contributed by atoms with Crippen molar-refractivity contribution in [3.05, 3.63) is 28.3 Å². The molecule has 1 unspecified atom stereocenters. The number of nitrogens with zero attached hydrogens (tertiary/aromatic N) is 1. The van der Waals surface area contributed by atoms with Gasteiger partial charge in [-0.25, -0.2) is 4.79 Å². The molecule has 1 aromatic rings. The Morgan fingerprint density at radius 3 is 2.47 bits per heavy atom. The third-order valence-corrected chi connectivity index (χ3v) is 2.87. The summed E-state index contributed by atoms with van der Waals surface area (Å²) in [5.41, 5.74) is 6.55. The monoisotopic (exact) mass is 238 g/mol. The summed E-state index contributed by atoms with van der Waals surface area (Å²) in [5.74, 6) is 0.584. The zero-order chi connectivity index (χ0) is 12.8. The lowest BCUT2D eigenvalue weighted by molar-refractivity contribution is 0.412. The van der Waals surface area contributed by atoms with E-state index in [1.54, 1.807) is 0 Å². The Labute approximate surface area is 102 Å². The standard InChI is InChI=1S/C13H22N2O2/c1-4-7-11(14)12-8-10(9-13(16)17-12)15(5-2)6-3/h8-9,11H,4-7,14H2,1-3H3. The third-order valence-electron chi connectivity index (χ3n) is 2.87. The third kappa shape index (κ3) is 3.60. The summed E-state index contributed by atoms with van der Waals surface area (Å²) in [6.45, 7) is 7.91. The van der Waals surface area contributed by atoms with Crippen molar-refractivity contribution in [2.24, 2.45) is 5.73 Å². The highest BCUT2D eigenvalue weighted by molar-refractivity contribution is 5.45. The molecule has 0 amide bonds. The average Bonchev–Trinajstić information content (AvgIpc) is 2.30. The normalized spacial score (nSPS) is 12.5. The Morgan fingerprint density at radius 2 is 1.94 bits per heavy atom. The second-order valence-corrected chi connectivity index (χ2v) is 4.10. The maximum absolute atomic E-state index is 11.5. The van der Waals surface area contributed by atoms with Crippen LogP contribution in [0.5, 0.6) is 0 Å². The Morgan fingerprint density at radius 1 is 1.29 bits per heavy atom. The van der Waals surface area contributed by atoms with Crippen molar-refractivity contribution in [3.8, 4) is 0 Å². The van der Waals surface area contributed by atoms with Gasteiger partial charge in [0.15, 0.2) is 0 Å². The predicted molar refractivity (Wildman–Crippen MR) is 70.4 cm³/mol. The molecular weight excluding hydrogens is 216 g/mol. The lowest BCUT2D eigenvalue weighted by atomic mass is 10.1. The van der Waals surface area contributed by atoms with E-state index in [-0.39, 0.29) is 11.7 Å². The van der Waals surface area contributed by atoms with Gasteiger partial charge in [0.25, 0.3) is 0 Å². The van der Waals surface area contributed by atoms with E-state index in [1.165, 1.54) is 6.07 Å². The molecule has 96 valence electrons. The highest BCUT2D eigenvalue weighted by Crippen LogP contribution is 2.20. The Hall–Kier alpha value is -1.29. The SMILES string of the molecule is CCCC(N)c1cc(N(CC)CC)cc(=O)o1. The predicted octanol–water partition coefficient (Wildman–Crippen LogP) is 2.29. The molecule has 0 aromatic carbocycles. The first-order valence-corrected chi connectivity index (χ1v) is 6.27. The van der Waals surface area contributed by atoms with Crippen LogP contribution in [0.2, 0.25) is 0 Å². The molecule has 0 aliphatic carbocycles. The van der Waals surface area contributed by atoms with Crippen LogP contribution in [0.4, 0.5) is 5.69 Å². The number of nitrogens with two attached hydrogens (primary N) is 1. The van der Waals surface area contributed by atoms with Crippen LogP contribution in [-0.2, 0) is 0 Å². The van der Waals surface area contributed by atoms with Crippen LogP contribution in [0.25, 0.3) is 0 Å². The van der Waals surface area contributed by atoms with Crippen molar-refractivity contribution in [2.45, 2.75) is 39.7 Å². The highest BCUT2D eigenvalue weighted by Gasteiger charge is 2.12. The second-order valence-electron chi connectivity index (χ2n) is 4.10. The van der Waals surface area contributed by atoms with Crippen LogP contribution in [0.3, 0.4) is 0 Å². The number of anilines is 1. The molecule has 0 radical (unpaired) electrons. The highest BCUT2D eigenvalue weighted by atomic mass is 16.4. The molecule has 1 heterocycles. The fraction of sp³-hybridized carbons (Fsp3) is 0.615. The lowest BCUT2D eigenvalue weighted by Gasteiger charge is -2.21. The second kappa shape index (κ2) is 6.45. The summed E-state index contributed by atoms with van der Waals surface area (Å²) in [7, 11) is 0. The van der Waals surface area contributed by atoms with Crippen molar-refractivity contribution in [3.63, 3.8) is 0 Å². The minimum absolute atomic E-state index is 0.191. The maximum atomic E-state index is 11.5. The van der Waals surface area contributed by atoms with Gasteiger partial charge in [0.05, 0.1) is 6.04 Å². The lowest BCUT2D eigenvalue weighted by Crippen LogP contribution is -2.24. The zero-order valence-corrected chi connectivity index (χ0v) is 10.9. The van der Waals surface area contributed by atoms with Gasteiger partial charge in [-0.3, -0.25) is 0 Å². The van der Waals surface area contributed by atoms with Crippen LogP contribution in [-0.4, -0.2) is 13.1 Å². The summed E-state index contributed by atoms with van der Waals surface area (Å²) in [4.78, 5) is 13.6. The van der Waals surface area contributed by atoms with Crippen molar-refractivity contribution in [1.29, 1.82) is 0 Å². The van der Waals surface area contributed by atoms with Gasteiger partial charge in [-0.05, 0) is 20.3 Å². The van der Waals surface area contributed by atoms with E-state index in [1.807, 2.05) is 6.07 Å². The summed E-state index contributed by atoms with van der Waals surface area (Å²) in [6, 6.07) is 3.22. The summed E-state index contributed by atoms with van der Waals surface area (Å²) in [6.07, 6.45) is 1.80. The van der Waals surface area contributed by atoms with E-state index >= 15 is 0 Å². The van der Waals surface area contributed by atoms with Gasteiger partial charge in [-0.15, -0.1) is 0 Å². The van der Waals surface area contributed by atoms with E-state index in [0.29, 0.717) is 5.76 Å². The topological polar surface area (TPSA) is 59.5 Å². The first-order chi connectivity index (χ1) is 8.12. The quantitative estimate of drug-likeness (QED) is 0.826. The van der Waals surface area contributed by atoms with Crippen molar-refractivity contribution in [1.82, 2.24) is 0 Å². The van der Waals surface area contributed by atoms with Crippen molar-refractivity contribution >= 4 is 5.69 Å². The van der Waals surface area contributed by atoms with Gasteiger partial charge in [0.1, 0.15) is 5.76 Å². The number of rotatable bonds is 6. The van der Waals surface area contributed by atoms with Crippen molar-refractivity contribution < 1.29 is 4.42 Å². The van der Waals surface area contributed by atoms with Crippen LogP contribution >= 0.6 is 0 Å². The van der Waals surface area contributed by atoms with E-state index < -0.39 is 0 Å². The molecule has 0 aliphatic rings. The van der Waals surface area contributed by atoms with E-state index in [2.05, 4.69) is 25.7 Å². The molecule has 0 spiro atoms. The molecule has 17 heavy (non-hydrogen) atoms. The molecule has 0 saturated heterocycles. The molecule has 0 bridgehead atoms. The molecule has 1 atom stereocenters. The molecule has 0 aliphatic heterocycles. The first kappa shape index (κ1) is 13.8. The minimum atomic E-state index is -0.323. The average molecular weight is 238 g/mol. The zero-order valence-electron chi connectivity index (χ0n) is 10.9. The van der Waals surface area contributed by atoms with Crippen LogP contribution in [0.1, 0.15) is 45.4 Å². The van der Waals surface area contributed by atoms with Crippen molar-refractivity contribution in [2.75, 3.05) is 18.0 Å². The molecule has 2 N–H and O–H groups in total. The fourth-order valence-corrected chi connectivity index (χ4v) is 1.89. The van der Waals surface area contributed by atoms with Crippen LogP contribution < -0.4 is 16.3 Å². The number of hydrogen-bond acceptors (Lipinski definition) is 4. The fourth-order valence-electron chi connectivity index (χ4n) is 1.89. The molecule has 1 aromatic heterocycles. The van der Waals surface area contributed by atoms with E-state index in [4.69, 9.17) is 10.2 Å². The molecular formula is C13H22N2O2. The maximum Gasteiger partial charge on any atom is 0.337 e. The molecule has 0 fully saturated rings. The van der Waals surface area contributed by atoms with Crippen LogP contribution in [0.15, 0.2) is 21.3 Å². The van der Waals surface area contributed by atoms with E-state index in [0.717, 1.165) is 31.6 Å². The molecule has 4 nitrogen and oxygen atoms in total. The Balaban J connectivity index is 3.05. The van der Waals surface area contributed by atoms with Gasteiger partial charge in [0, 0.05) is 30.9 Å². The summed E-state index contributed by atoms with van der Waals surface area (Å²) < 4.78 is 5.16. The van der Waals surface area contributed by atoms with Gasteiger partial charge in [-0.2, -0.15) is 0 Å². The first-order valence-electron chi connectivity index (χ1n) is 6.27. The summed E-state index contributed by atoms with van der Waals surface area (Å²) >= 11 is 0. The minimum Gasteiger partial charge on any atom is -0.426 e. The number of hydrogen-bond donors (Lipinski definition) is 1. The van der Waals surface area contributed by atoms with Gasteiger partial charge in [0.2, 0.25) is 0 Å². The summed E-state index contributed by atoms with van der Waals surface area (Å²) in [5, 5.41) is 0. The van der Waals surface area contributed by atoms with Gasteiger partial charge >= 0.3 is 5.63 Å². The Bertz CT molecular complexity index is 397. The smallest absolute Gasteiger partial charge is 0.337 e. The van der Waals surface area contributed by atoms with Crippen LogP contribution in [0, 0.1) is 0 Å². The molecule has 1 rings (SSSR count). The van der Waals surface area contributed by atoms with Gasteiger partial charge < -0.3 is 15.1 Å². The van der Waals surface area contributed by atoms with E-state index in [9.17, 15) is 4.79 Å². The Kier molecular flexibility index (Phi) is 5.22. The largest absolute Gasteiger partial charge is 0.426 e. The molecule has 4 heteroatoms. The van der Waals surface area contributed by atoms with Gasteiger partial charge in [-0.1, -0.05) is 13.3 Å². The molecule has 0 saturated carbocycles.